The fourth-order valence-corrected chi connectivity index (χ4v) is 4.40. The maximum absolute atomic E-state index is 12.6. The molecule has 7 nitrogen and oxygen atoms in total. The van der Waals surface area contributed by atoms with Gasteiger partial charge < -0.3 is 28.5 Å². The molecule has 0 aliphatic rings. The van der Waals surface area contributed by atoms with Crippen molar-refractivity contribution < 1.29 is 55.6 Å². The molecule has 0 bridgehead atoms. The fourth-order valence-electron chi connectivity index (χ4n) is 4.40. The van der Waals surface area contributed by atoms with E-state index in [4.69, 9.17) is 0 Å². The molecule has 6 rings (SSSR count). The number of nitrogens with zero attached hydrogens (tertiary/aromatic N) is 7. The van der Waals surface area contributed by atoms with Gasteiger partial charge in [0.15, 0.2) is 0 Å². The molecule has 261 valence electrons. The number of pyridine rings is 1. The number of aromatic nitrogens is 7. The smallest absolute Gasteiger partial charge is 0.431 e. The molecule has 4 heterocycles. The van der Waals surface area contributed by atoms with Crippen LogP contribution in [0.25, 0.3) is 22.8 Å². The zero-order chi connectivity index (χ0) is 35.4. The van der Waals surface area contributed by atoms with Crippen LogP contribution in [0.2, 0.25) is 0 Å². The Hall–Kier alpha value is -4.55. The van der Waals surface area contributed by atoms with E-state index >= 15 is 0 Å². The molecule has 0 atom stereocenters. The van der Waals surface area contributed by atoms with Gasteiger partial charge in [0.05, 0.1) is 14.1 Å². The van der Waals surface area contributed by atoms with E-state index in [0.717, 1.165) is 35.3 Å². The number of halogens is 6. The van der Waals surface area contributed by atoms with Gasteiger partial charge in [-0.3, -0.25) is 4.98 Å². The number of rotatable bonds is 3. The number of aryl methyl sites for hydroxylation is 3. The van der Waals surface area contributed by atoms with Crippen molar-refractivity contribution in [3.05, 3.63) is 131 Å². The maximum Gasteiger partial charge on any atom is 0.431 e. The predicted octanol–water partition coefficient (Wildman–Crippen LogP) is 6.48. The molecule has 0 amide bonds. The third-order valence-electron chi connectivity index (χ3n) is 7.52. The predicted molar refractivity (Wildman–Crippen MR) is 164 cm³/mol. The number of hydrogen-bond acceptors (Lipinski definition) is 2. The first-order valence-electron chi connectivity index (χ1n) is 14.5. The first kappa shape index (κ1) is 38.9. The number of hydrogen-bond donors (Lipinski definition) is 0. The average molecular weight is 857 g/mol. The van der Waals surface area contributed by atoms with Gasteiger partial charge in [-0.05, 0) is 45.9 Å². The van der Waals surface area contributed by atoms with Crippen LogP contribution in [-0.4, -0.2) is 19.2 Å². The summed E-state index contributed by atoms with van der Waals surface area (Å²) in [5.41, 5.74) is 5.68. The van der Waals surface area contributed by atoms with Crippen molar-refractivity contribution in [1.82, 2.24) is 24.3 Å². The van der Waals surface area contributed by atoms with Gasteiger partial charge in [0.1, 0.15) is 5.69 Å². The zero-order valence-electron chi connectivity index (χ0n) is 27.6. The van der Waals surface area contributed by atoms with Crippen LogP contribution in [0.3, 0.4) is 0 Å². The normalized spacial score (nSPS) is 11.2. The Bertz CT molecular complexity index is 1990. The molecule has 0 aliphatic carbocycles. The molecule has 0 unspecified atom stereocenters. The van der Waals surface area contributed by atoms with Crippen molar-refractivity contribution in [3.8, 4) is 22.8 Å². The standard InChI is InChI=1S/C13H12F3N2.C13H15N2.C9H5F3N3.Ir/c1-9-10(2)18(8-17(9)3)12-6-4-5-11(7-12)13(14,15)16;1-10-6-5-7-13(8-10)15-9-14(4)11(2)12(15)3;10-9(11,12)8-5-7(14-15-8)6-3-1-2-4-13-6;/h4-5,7H,1-3H3;5-6,8H,1-4H3;1-5H;/q3*-1;. The van der Waals surface area contributed by atoms with Gasteiger partial charge in [-0.25, -0.2) is 0 Å². The second-order valence-electron chi connectivity index (χ2n) is 10.9. The summed E-state index contributed by atoms with van der Waals surface area (Å²) >= 11 is 0. The quantitative estimate of drug-likeness (QED) is 0.117. The number of alkyl halides is 6. The topological polar surface area (TPSA) is 57.5 Å². The van der Waals surface area contributed by atoms with E-state index in [1.807, 2.05) is 36.1 Å². The summed E-state index contributed by atoms with van der Waals surface area (Å²) in [6.45, 7) is 10.00. The molecule has 4 aromatic heterocycles. The van der Waals surface area contributed by atoms with Crippen LogP contribution >= 0.6 is 0 Å². The summed E-state index contributed by atoms with van der Waals surface area (Å²) in [6.07, 6.45) is -1.12. The Morgan fingerprint density at radius 1 is 0.714 bits per heavy atom. The fraction of sp³-hybridized carbons (Fsp3) is 0.257. The summed E-state index contributed by atoms with van der Waals surface area (Å²) in [5.74, 6) is 0. The van der Waals surface area contributed by atoms with Crippen molar-refractivity contribution in [2.75, 3.05) is 0 Å². The molecule has 0 saturated carbocycles. The summed E-state index contributed by atoms with van der Waals surface area (Å²) in [4.78, 5) is 3.87. The summed E-state index contributed by atoms with van der Waals surface area (Å²) in [6, 6.07) is 21.3. The van der Waals surface area contributed by atoms with E-state index < -0.39 is 23.6 Å². The molecule has 2 aromatic carbocycles. The van der Waals surface area contributed by atoms with Crippen LogP contribution < -0.4 is 14.2 Å². The Morgan fingerprint density at radius 3 is 1.69 bits per heavy atom. The molecule has 0 aliphatic heterocycles. The molecule has 0 saturated heterocycles. The van der Waals surface area contributed by atoms with Gasteiger partial charge in [-0.2, -0.15) is 80.4 Å². The Labute approximate surface area is 294 Å². The Balaban J connectivity index is 0.000000198. The van der Waals surface area contributed by atoms with Crippen molar-refractivity contribution in [1.29, 1.82) is 0 Å². The van der Waals surface area contributed by atoms with Gasteiger partial charge in [0.25, 0.3) is 0 Å². The monoisotopic (exact) mass is 857 g/mol. The molecule has 0 N–H and O–H groups in total. The van der Waals surface area contributed by atoms with Crippen LogP contribution in [0.4, 0.5) is 26.3 Å². The molecule has 49 heavy (non-hydrogen) atoms. The molecule has 0 spiro atoms. The summed E-state index contributed by atoms with van der Waals surface area (Å²) in [7, 11) is 3.81. The van der Waals surface area contributed by atoms with Crippen molar-refractivity contribution in [2.24, 2.45) is 14.1 Å². The first-order valence-corrected chi connectivity index (χ1v) is 14.5. The first-order chi connectivity index (χ1) is 22.5. The van der Waals surface area contributed by atoms with Crippen LogP contribution in [0.15, 0.2) is 66.9 Å². The van der Waals surface area contributed by atoms with Gasteiger partial charge in [-0.1, -0.05) is 35.6 Å². The molecular weight excluding hydrogens is 825 g/mol. The molecule has 1 radical (unpaired) electrons. The van der Waals surface area contributed by atoms with Crippen LogP contribution in [0.5, 0.6) is 0 Å². The third-order valence-corrected chi connectivity index (χ3v) is 7.52. The van der Waals surface area contributed by atoms with Gasteiger partial charge >= 0.3 is 12.4 Å². The summed E-state index contributed by atoms with van der Waals surface area (Å²) < 4.78 is 81.8. The van der Waals surface area contributed by atoms with Gasteiger partial charge in [0.2, 0.25) is 12.7 Å². The second-order valence-corrected chi connectivity index (χ2v) is 10.9. The molecule has 6 aromatic rings. The van der Waals surface area contributed by atoms with E-state index in [9.17, 15) is 26.3 Å². The minimum Gasteiger partial charge on any atom is -0.573 e. The third kappa shape index (κ3) is 9.54. The van der Waals surface area contributed by atoms with E-state index in [0.29, 0.717) is 11.4 Å². The SMILES string of the molecule is Cc1c(C)[n+](C)[c-]n1-c1[c-]ccc(C(F)(F)F)c1.Cc1cc[c-]c(-n2[c-][n+](C)c(C)c2C)c1.FC(F)(F)c1cc(-c2ccccn2)[n-]n1.[Ir]. The van der Waals surface area contributed by atoms with Crippen LogP contribution in [0, 0.1) is 59.4 Å². The van der Waals surface area contributed by atoms with Gasteiger partial charge in [-0.15, -0.1) is 0 Å². The van der Waals surface area contributed by atoms with E-state index in [-0.39, 0.29) is 25.8 Å². The van der Waals surface area contributed by atoms with Crippen molar-refractivity contribution >= 4 is 0 Å². The maximum atomic E-state index is 12.6. The zero-order valence-corrected chi connectivity index (χ0v) is 30.0. The van der Waals surface area contributed by atoms with Crippen molar-refractivity contribution in [3.63, 3.8) is 0 Å². The molecular formula is C35H32F6IrN7-3. The average Bonchev–Trinajstić information content (AvgIpc) is 3.72. The van der Waals surface area contributed by atoms with Crippen LogP contribution in [0.1, 0.15) is 39.6 Å². The summed E-state index contributed by atoms with van der Waals surface area (Å²) in [5, 5.41) is 6.47. The minimum absolute atomic E-state index is 0. The Morgan fingerprint density at radius 2 is 1.27 bits per heavy atom. The largest absolute Gasteiger partial charge is 0.573 e. The van der Waals surface area contributed by atoms with E-state index in [2.05, 4.69) is 72.9 Å². The molecule has 0 fully saturated rings. The van der Waals surface area contributed by atoms with Crippen LogP contribution in [-0.2, 0) is 46.6 Å². The Kier molecular flexibility index (Phi) is 12.5. The number of benzene rings is 2. The van der Waals surface area contributed by atoms with Gasteiger partial charge in [0, 0.05) is 54.8 Å². The molecule has 14 heteroatoms. The minimum atomic E-state index is -4.46. The van der Waals surface area contributed by atoms with E-state index in [1.54, 1.807) is 34.4 Å². The van der Waals surface area contributed by atoms with E-state index in [1.165, 1.54) is 29.2 Å². The number of imidazole rings is 2. The van der Waals surface area contributed by atoms with Crippen molar-refractivity contribution in [2.45, 2.75) is 47.0 Å². The second kappa shape index (κ2) is 15.8.